The maximum Gasteiger partial charge on any atom is 0.318 e. The number of rotatable bonds is 5. The molecular formula is C20H32N4O2. The van der Waals surface area contributed by atoms with Gasteiger partial charge in [-0.1, -0.05) is 18.2 Å². The molecule has 0 bridgehead atoms. The van der Waals surface area contributed by atoms with Gasteiger partial charge in [-0.3, -0.25) is 4.79 Å². The van der Waals surface area contributed by atoms with Gasteiger partial charge in [-0.25, -0.2) is 4.79 Å². The van der Waals surface area contributed by atoms with Crippen molar-refractivity contribution in [2.45, 2.75) is 52.1 Å². The minimum Gasteiger partial charge on any atom is -0.367 e. The second kappa shape index (κ2) is 8.43. The zero-order chi connectivity index (χ0) is 19.3. The number of benzene rings is 1. The second-order valence-corrected chi connectivity index (χ2v) is 7.76. The topological polar surface area (TPSA) is 64.7 Å². The second-order valence-electron chi connectivity index (χ2n) is 7.76. The molecule has 1 fully saturated rings. The molecule has 1 aliphatic rings. The van der Waals surface area contributed by atoms with Gasteiger partial charge in [0.2, 0.25) is 5.91 Å². The fraction of sp³-hybridized carbons (Fsp3) is 0.600. The highest BCUT2D eigenvalue weighted by atomic mass is 16.2. The van der Waals surface area contributed by atoms with Crippen molar-refractivity contribution in [1.82, 2.24) is 15.5 Å². The Morgan fingerprint density at radius 2 is 1.92 bits per heavy atom. The van der Waals surface area contributed by atoms with Crippen LogP contribution in [0.1, 0.15) is 39.2 Å². The Kier molecular flexibility index (Phi) is 6.51. The number of hydrogen-bond acceptors (Lipinski definition) is 3. The van der Waals surface area contributed by atoms with E-state index in [-0.39, 0.29) is 18.0 Å². The van der Waals surface area contributed by atoms with Crippen molar-refractivity contribution in [2.24, 2.45) is 0 Å². The monoisotopic (exact) mass is 360 g/mol. The Bertz CT molecular complexity index is 644. The highest BCUT2D eigenvalue weighted by molar-refractivity contribution is 5.77. The molecule has 0 aromatic heterocycles. The van der Waals surface area contributed by atoms with Crippen LogP contribution in [0.15, 0.2) is 24.3 Å². The zero-order valence-electron chi connectivity index (χ0n) is 16.6. The average molecular weight is 361 g/mol. The van der Waals surface area contributed by atoms with E-state index in [1.165, 1.54) is 11.3 Å². The van der Waals surface area contributed by atoms with Crippen molar-refractivity contribution in [2.75, 3.05) is 31.6 Å². The molecule has 0 saturated carbocycles. The van der Waals surface area contributed by atoms with Gasteiger partial charge in [-0.2, -0.15) is 0 Å². The summed E-state index contributed by atoms with van der Waals surface area (Å²) in [6.45, 7) is 10.4. The SMILES string of the molecule is CNC(=O)CCC(C)(C)NC(=O)N1CCN(c2ccccc2C)C[C@@H]1C. The third-order valence-electron chi connectivity index (χ3n) is 5.05. The van der Waals surface area contributed by atoms with E-state index in [1.54, 1.807) is 7.05 Å². The van der Waals surface area contributed by atoms with Crippen molar-refractivity contribution < 1.29 is 9.59 Å². The van der Waals surface area contributed by atoms with E-state index < -0.39 is 5.54 Å². The van der Waals surface area contributed by atoms with Gasteiger partial charge in [0.25, 0.3) is 0 Å². The summed E-state index contributed by atoms with van der Waals surface area (Å²) >= 11 is 0. The predicted molar refractivity (Wildman–Crippen MR) is 105 cm³/mol. The number of piperazine rings is 1. The minimum atomic E-state index is -0.420. The molecule has 1 saturated heterocycles. The molecule has 26 heavy (non-hydrogen) atoms. The fourth-order valence-corrected chi connectivity index (χ4v) is 3.37. The third kappa shape index (κ3) is 5.13. The number of urea groups is 1. The van der Waals surface area contributed by atoms with Crippen LogP contribution < -0.4 is 15.5 Å². The average Bonchev–Trinajstić information content (AvgIpc) is 2.59. The molecule has 0 spiro atoms. The Balaban J connectivity index is 1.93. The van der Waals surface area contributed by atoms with Gasteiger partial charge in [-0.15, -0.1) is 0 Å². The van der Waals surface area contributed by atoms with Gasteiger partial charge in [-0.05, 0) is 45.7 Å². The van der Waals surface area contributed by atoms with Crippen molar-refractivity contribution in [3.63, 3.8) is 0 Å². The first-order valence-corrected chi connectivity index (χ1v) is 9.33. The first kappa shape index (κ1) is 20.1. The molecule has 1 aromatic rings. The lowest BCUT2D eigenvalue weighted by Crippen LogP contribution is -2.59. The summed E-state index contributed by atoms with van der Waals surface area (Å²) in [7, 11) is 1.63. The number of nitrogens with one attached hydrogen (secondary N) is 2. The molecular weight excluding hydrogens is 328 g/mol. The number of nitrogens with zero attached hydrogens (tertiary/aromatic N) is 2. The Morgan fingerprint density at radius 1 is 1.23 bits per heavy atom. The number of carbonyl (C=O) groups is 2. The lowest BCUT2D eigenvalue weighted by molar-refractivity contribution is -0.121. The molecule has 1 aliphatic heterocycles. The van der Waals surface area contributed by atoms with Crippen LogP contribution in [0.5, 0.6) is 0 Å². The first-order valence-electron chi connectivity index (χ1n) is 9.33. The molecule has 0 unspecified atom stereocenters. The number of amides is 3. The Labute approximate surface area is 156 Å². The fourth-order valence-electron chi connectivity index (χ4n) is 3.37. The van der Waals surface area contributed by atoms with Gasteiger partial charge >= 0.3 is 6.03 Å². The molecule has 144 valence electrons. The van der Waals surface area contributed by atoms with Crippen LogP contribution in [0.25, 0.3) is 0 Å². The number of aryl methyl sites for hydroxylation is 1. The summed E-state index contributed by atoms with van der Waals surface area (Å²) in [6, 6.07) is 8.43. The van der Waals surface area contributed by atoms with Crippen LogP contribution in [0.3, 0.4) is 0 Å². The van der Waals surface area contributed by atoms with Crippen LogP contribution >= 0.6 is 0 Å². The number of hydrogen-bond donors (Lipinski definition) is 2. The summed E-state index contributed by atoms with van der Waals surface area (Å²) < 4.78 is 0. The number of anilines is 1. The van der Waals surface area contributed by atoms with E-state index in [9.17, 15) is 9.59 Å². The lowest BCUT2D eigenvalue weighted by atomic mass is 9.98. The van der Waals surface area contributed by atoms with E-state index in [2.05, 4.69) is 47.6 Å². The van der Waals surface area contributed by atoms with E-state index in [0.717, 1.165) is 13.1 Å². The van der Waals surface area contributed by atoms with E-state index >= 15 is 0 Å². The Hall–Kier alpha value is -2.24. The van der Waals surface area contributed by atoms with Gasteiger partial charge in [0, 0.05) is 50.4 Å². The molecule has 6 nitrogen and oxygen atoms in total. The van der Waals surface area contributed by atoms with E-state index in [4.69, 9.17) is 0 Å². The van der Waals surface area contributed by atoms with Crippen LogP contribution in [0, 0.1) is 6.92 Å². The molecule has 1 atom stereocenters. The van der Waals surface area contributed by atoms with Crippen molar-refractivity contribution in [3.05, 3.63) is 29.8 Å². The summed E-state index contributed by atoms with van der Waals surface area (Å²) in [5.74, 6) is -0.00691. The predicted octanol–water partition coefficient (Wildman–Crippen LogP) is 2.52. The van der Waals surface area contributed by atoms with Gasteiger partial charge in [0.05, 0.1) is 0 Å². The largest absolute Gasteiger partial charge is 0.367 e. The quantitative estimate of drug-likeness (QED) is 0.848. The molecule has 1 aromatic carbocycles. The van der Waals surface area contributed by atoms with E-state index in [1.807, 2.05) is 24.8 Å². The standard InChI is InChI=1S/C20H32N4O2/c1-15-8-6-7-9-17(15)23-12-13-24(16(2)14-23)19(26)22-20(3,4)11-10-18(25)21-5/h6-9,16H,10-14H2,1-5H3,(H,21,25)(H,22,26)/t16-/m0/s1. The molecule has 3 amide bonds. The summed E-state index contributed by atoms with van der Waals surface area (Å²) in [5, 5.41) is 5.71. The van der Waals surface area contributed by atoms with Crippen molar-refractivity contribution in [1.29, 1.82) is 0 Å². The zero-order valence-corrected chi connectivity index (χ0v) is 16.6. The summed E-state index contributed by atoms with van der Waals surface area (Å²) in [4.78, 5) is 28.4. The third-order valence-corrected chi connectivity index (χ3v) is 5.05. The number of para-hydroxylation sites is 1. The molecule has 0 aliphatic carbocycles. The summed E-state index contributed by atoms with van der Waals surface area (Å²) in [5.41, 5.74) is 2.08. The van der Waals surface area contributed by atoms with Crippen molar-refractivity contribution >= 4 is 17.6 Å². The molecule has 6 heteroatoms. The highest BCUT2D eigenvalue weighted by Gasteiger charge is 2.31. The normalized spacial score (nSPS) is 17.8. The van der Waals surface area contributed by atoms with Crippen LogP contribution in [-0.4, -0.2) is 55.1 Å². The highest BCUT2D eigenvalue weighted by Crippen LogP contribution is 2.23. The smallest absolute Gasteiger partial charge is 0.318 e. The maximum absolute atomic E-state index is 12.7. The molecule has 2 N–H and O–H groups in total. The van der Waals surface area contributed by atoms with Gasteiger partial charge in [0.15, 0.2) is 0 Å². The molecule has 0 radical (unpaired) electrons. The van der Waals surface area contributed by atoms with E-state index in [0.29, 0.717) is 19.4 Å². The van der Waals surface area contributed by atoms with Crippen LogP contribution in [0.2, 0.25) is 0 Å². The lowest BCUT2D eigenvalue weighted by Gasteiger charge is -2.42. The Morgan fingerprint density at radius 3 is 2.54 bits per heavy atom. The maximum atomic E-state index is 12.7. The number of carbonyl (C=O) groups excluding carboxylic acids is 2. The molecule has 2 rings (SSSR count). The van der Waals surface area contributed by atoms with Crippen LogP contribution in [0.4, 0.5) is 10.5 Å². The molecule has 1 heterocycles. The minimum absolute atomic E-state index is 0.00691. The summed E-state index contributed by atoms with van der Waals surface area (Å²) in [6.07, 6.45) is 1.01. The van der Waals surface area contributed by atoms with Gasteiger partial charge < -0.3 is 20.4 Å². The van der Waals surface area contributed by atoms with Gasteiger partial charge in [0.1, 0.15) is 0 Å². The van der Waals surface area contributed by atoms with Crippen LogP contribution in [-0.2, 0) is 4.79 Å². The first-order chi connectivity index (χ1) is 12.2. The van der Waals surface area contributed by atoms with Crippen molar-refractivity contribution in [3.8, 4) is 0 Å².